The first-order valence-corrected chi connectivity index (χ1v) is 16.8. The highest BCUT2D eigenvalue weighted by Crippen LogP contribution is 2.40. The van der Waals surface area contributed by atoms with Crippen LogP contribution in [0.2, 0.25) is 0 Å². The summed E-state index contributed by atoms with van der Waals surface area (Å²) in [6.07, 6.45) is 18.4. The molecule has 3 aromatic carbocycles. The molecule has 40 heavy (non-hydrogen) atoms. The predicted octanol–water partition coefficient (Wildman–Crippen LogP) is 12.3. The van der Waals surface area contributed by atoms with Crippen LogP contribution in [0.5, 0.6) is 0 Å². The van der Waals surface area contributed by atoms with E-state index in [4.69, 9.17) is 0 Å². The second kappa shape index (κ2) is 15.0. The Bertz CT molecular complexity index is 1220. The molecule has 0 spiro atoms. The molecule has 0 saturated heterocycles. The van der Waals surface area contributed by atoms with Crippen molar-refractivity contribution in [1.29, 1.82) is 0 Å². The molecule has 0 atom stereocenters. The van der Waals surface area contributed by atoms with Crippen LogP contribution in [0.1, 0.15) is 138 Å². The number of hydrogen-bond donors (Lipinski definition) is 0. The third kappa shape index (κ3) is 7.48. The smallest absolute Gasteiger partial charge is 0.0151 e. The first-order valence-electron chi connectivity index (χ1n) is 16.8. The molecule has 0 aliphatic heterocycles. The fourth-order valence-corrected chi connectivity index (χ4v) is 7.22. The summed E-state index contributed by atoms with van der Waals surface area (Å²) in [7, 11) is 0. The highest BCUT2D eigenvalue weighted by molar-refractivity contribution is 5.76. The van der Waals surface area contributed by atoms with Crippen LogP contribution in [0, 0.1) is 19.8 Å². The van der Waals surface area contributed by atoms with Crippen LogP contribution < -0.4 is 0 Å². The van der Waals surface area contributed by atoms with E-state index in [1.165, 1.54) is 122 Å². The molecule has 1 saturated carbocycles. The van der Waals surface area contributed by atoms with Gasteiger partial charge in [0.2, 0.25) is 0 Å². The highest BCUT2D eigenvalue weighted by Gasteiger charge is 2.22. The van der Waals surface area contributed by atoms with E-state index >= 15 is 0 Å². The minimum Gasteiger partial charge on any atom is -0.0654 e. The minimum atomic E-state index is 0.754. The second-order valence-corrected chi connectivity index (χ2v) is 12.8. The molecule has 4 rings (SSSR count). The summed E-state index contributed by atoms with van der Waals surface area (Å²) in [6, 6.07) is 19.6. The van der Waals surface area contributed by atoms with Gasteiger partial charge in [0.25, 0.3) is 0 Å². The summed E-state index contributed by atoms with van der Waals surface area (Å²) in [4.78, 5) is 0. The van der Waals surface area contributed by atoms with Gasteiger partial charge in [-0.2, -0.15) is 0 Å². The van der Waals surface area contributed by atoms with E-state index in [1.807, 2.05) is 0 Å². The first kappa shape index (κ1) is 30.6. The molecule has 216 valence electrons. The third-order valence-corrected chi connectivity index (χ3v) is 9.83. The zero-order chi connectivity index (χ0) is 28.5. The Hall–Kier alpha value is -2.34. The van der Waals surface area contributed by atoms with Gasteiger partial charge >= 0.3 is 0 Å². The number of aryl methyl sites for hydroxylation is 4. The SMILES string of the molecule is CCCCCC1CCC(c2ccc(-c3ccc(-c4cc(CCC)c(C)c(CCCC)c4)c(CC)c3)c(C)c2)CC1. The number of rotatable bonds is 13. The molecule has 0 N–H and O–H groups in total. The molecule has 0 amide bonds. The third-order valence-electron chi connectivity index (χ3n) is 9.83. The summed E-state index contributed by atoms with van der Waals surface area (Å²) < 4.78 is 0. The molecule has 1 aliphatic carbocycles. The van der Waals surface area contributed by atoms with Crippen molar-refractivity contribution >= 4 is 0 Å². The van der Waals surface area contributed by atoms with E-state index in [9.17, 15) is 0 Å². The van der Waals surface area contributed by atoms with Gasteiger partial charge in [0.15, 0.2) is 0 Å². The van der Waals surface area contributed by atoms with Crippen LogP contribution >= 0.6 is 0 Å². The lowest BCUT2D eigenvalue weighted by atomic mass is 9.76. The van der Waals surface area contributed by atoms with Crippen LogP contribution in [0.4, 0.5) is 0 Å². The van der Waals surface area contributed by atoms with Crippen molar-refractivity contribution in [2.24, 2.45) is 5.92 Å². The maximum absolute atomic E-state index is 2.51. The Labute approximate surface area is 247 Å². The van der Waals surface area contributed by atoms with E-state index in [0.29, 0.717) is 0 Å². The molecule has 1 fully saturated rings. The van der Waals surface area contributed by atoms with Crippen molar-refractivity contribution in [1.82, 2.24) is 0 Å². The lowest BCUT2D eigenvalue weighted by molar-refractivity contribution is 0.303. The maximum atomic E-state index is 2.51. The fourth-order valence-electron chi connectivity index (χ4n) is 7.22. The standard InChI is InChI=1S/C40H56/c1-7-11-13-15-31-17-19-33(20-18-31)36-21-23-39(29(5)25-36)37-22-24-40(32(10-4)26-37)38-27-34(14-9-3)30(6)35(28-38)16-12-8-2/h21-28,31,33H,7-20H2,1-6H3. The Morgan fingerprint density at radius 3 is 1.93 bits per heavy atom. The monoisotopic (exact) mass is 536 g/mol. The molecular formula is C40H56. The molecule has 0 aromatic heterocycles. The second-order valence-electron chi connectivity index (χ2n) is 12.8. The van der Waals surface area contributed by atoms with E-state index < -0.39 is 0 Å². The summed E-state index contributed by atoms with van der Waals surface area (Å²) >= 11 is 0. The Morgan fingerprint density at radius 1 is 0.600 bits per heavy atom. The summed E-state index contributed by atoms with van der Waals surface area (Å²) in [5.74, 6) is 1.73. The fraction of sp³-hybridized carbons (Fsp3) is 0.550. The Balaban J connectivity index is 1.55. The van der Waals surface area contributed by atoms with Crippen LogP contribution in [-0.4, -0.2) is 0 Å². The maximum Gasteiger partial charge on any atom is -0.0151 e. The van der Waals surface area contributed by atoms with Crippen molar-refractivity contribution in [3.63, 3.8) is 0 Å². The summed E-state index contributed by atoms with van der Waals surface area (Å²) in [5.41, 5.74) is 14.7. The molecule has 1 aliphatic rings. The summed E-state index contributed by atoms with van der Waals surface area (Å²) in [5, 5.41) is 0. The van der Waals surface area contributed by atoms with Crippen molar-refractivity contribution in [3.05, 3.63) is 81.9 Å². The number of benzene rings is 3. The van der Waals surface area contributed by atoms with Gasteiger partial charge in [-0.1, -0.05) is 115 Å². The van der Waals surface area contributed by atoms with Gasteiger partial charge in [-0.15, -0.1) is 0 Å². The Kier molecular flexibility index (Phi) is 11.5. The van der Waals surface area contributed by atoms with Crippen molar-refractivity contribution in [2.75, 3.05) is 0 Å². The molecular weight excluding hydrogens is 480 g/mol. The molecule has 0 heterocycles. The van der Waals surface area contributed by atoms with Crippen molar-refractivity contribution in [2.45, 2.75) is 137 Å². The van der Waals surface area contributed by atoms with E-state index in [0.717, 1.165) is 18.3 Å². The average molecular weight is 537 g/mol. The molecule has 0 nitrogen and oxygen atoms in total. The Morgan fingerprint density at radius 2 is 1.27 bits per heavy atom. The molecule has 0 unspecified atom stereocenters. The zero-order valence-electron chi connectivity index (χ0n) is 26.7. The van der Waals surface area contributed by atoms with Crippen LogP contribution in [0.25, 0.3) is 22.3 Å². The molecule has 0 radical (unpaired) electrons. The van der Waals surface area contributed by atoms with Crippen LogP contribution in [0.3, 0.4) is 0 Å². The topological polar surface area (TPSA) is 0 Å². The van der Waals surface area contributed by atoms with Gasteiger partial charge in [-0.3, -0.25) is 0 Å². The molecule has 0 bridgehead atoms. The van der Waals surface area contributed by atoms with Gasteiger partial charge < -0.3 is 0 Å². The van der Waals surface area contributed by atoms with Crippen LogP contribution in [0.15, 0.2) is 48.5 Å². The lowest BCUT2D eigenvalue weighted by Gasteiger charge is -2.29. The minimum absolute atomic E-state index is 0.754. The first-order chi connectivity index (χ1) is 19.5. The predicted molar refractivity (Wildman–Crippen MR) is 178 cm³/mol. The molecule has 3 aromatic rings. The van der Waals surface area contributed by atoms with E-state index in [1.54, 1.807) is 16.7 Å². The zero-order valence-corrected chi connectivity index (χ0v) is 26.7. The van der Waals surface area contributed by atoms with Crippen molar-refractivity contribution < 1.29 is 0 Å². The lowest BCUT2D eigenvalue weighted by Crippen LogP contribution is -2.13. The average Bonchev–Trinajstić information content (AvgIpc) is 2.98. The normalized spacial score (nSPS) is 17.4. The quantitative estimate of drug-likeness (QED) is 0.191. The number of unbranched alkanes of at least 4 members (excludes halogenated alkanes) is 3. The van der Waals surface area contributed by atoms with Crippen molar-refractivity contribution in [3.8, 4) is 22.3 Å². The van der Waals surface area contributed by atoms with Gasteiger partial charge in [-0.05, 0) is 133 Å². The molecule has 0 heteroatoms. The van der Waals surface area contributed by atoms with Gasteiger partial charge in [0, 0.05) is 0 Å². The van der Waals surface area contributed by atoms with Gasteiger partial charge in [0.05, 0.1) is 0 Å². The highest BCUT2D eigenvalue weighted by atomic mass is 14.3. The van der Waals surface area contributed by atoms with E-state index in [-0.39, 0.29) is 0 Å². The van der Waals surface area contributed by atoms with Gasteiger partial charge in [0.1, 0.15) is 0 Å². The van der Waals surface area contributed by atoms with Crippen LogP contribution in [-0.2, 0) is 19.3 Å². The van der Waals surface area contributed by atoms with Gasteiger partial charge in [-0.25, -0.2) is 0 Å². The largest absolute Gasteiger partial charge is 0.0654 e. The summed E-state index contributed by atoms with van der Waals surface area (Å²) in [6.45, 7) is 13.9. The van der Waals surface area contributed by atoms with E-state index in [2.05, 4.69) is 90.1 Å². The number of hydrogen-bond acceptors (Lipinski definition) is 0.